The lowest BCUT2D eigenvalue weighted by molar-refractivity contribution is 0.181. The van der Waals surface area contributed by atoms with Crippen LogP contribution in [0.2, 0.25) is 0 Å². The first-order valence-corrected chi connectivity index (χ1v) is 8.33. The Morgan fingerprint density at radius 1 is 1.37 bits per heavy atom. The molecule has 1 saturated heterocycles. The Balaban J connectivity index is 2.15. The average Bonchev–Trinajstić information content (AvgIpc) is 2.43. The summed E-state index contributed by atoms with van der Waals surface area (Å²) < 4.78 is 0. The predicted octanol–water partition coefficient (Wildman–Crippen LogP) is 2.60. The number of nitrogens with zero attached hydrogens (tertiary/aromatic N) is 1. The van der Waals surface area contributed by atoms with Crippen molar-refractivity contribution in [2.24, 2.45) is 0 Å². The molecule has 1 aliphatic rings. The highest BCUT2D eigenvalue weighted by Crippen LogP contribution is 2.27. The van der Waals surface area contributed by atoms with E-state index in [9.17, 15) is 0 Å². The second-order valence-corrected chi connectivity index (χ2v) is 7.00. The number of thioether (sulfide) groups is 1. The van der Waals surface area contributed by atoms with E-state index in [-0.39, 0.29) is 5.41 Å². The molecular formula is C16H26N2S. The molecule has 1 aromatic carbocycles. The lowest BCUT2D eigenvalue weighted by atomic mass is 9.81. The SMILES string of the molecule is CNCC(C)(CN1CCSCC1C)c1ccccc1. The fraction of sp³-hybridized carbons (Fsp3) is 0.625. The zero-order chi connectivity index (χ0) is 13.7. The van der Waals surface area contributed by atoms with Gasteiger partial charge in [0.15, 0.2) is 0 Å². The van der Waals surface area contributed by atoms with Crippen LogP contribution in [0, 0.1) is 0 Å². The van der Waals surface area contributed by atoms with E-state index in [1.165, 1.54) is 23.6 Å². The molecule has 1 aromatic rings. The Morgan fingerprint density at radius 3 is 2.74 bits per heavy atom. The summed E-state index contributed by atoms with van der Waals surface area (Å²) in [4.78, 5) is 2.65. The molecule has 0 radical (unpaired) electrons. The van der Waals surface area contributed by atoms with Gasteiger partial charge in [0.1, 0.15) is 0 Å². The molecule has 1 aliphatic heterocycles. The molecule has 0 bridgehead atoms. The average molecular weight is 278 g/mol. The molecule has 1 N–H and O–H groups in total. The Labute approximate surface area is 122 Å². The highest BCUT2D eigenvalue weighted by Gasteiger charge is 2.31. The number of benzene rings is 1. The Hall–Kier alpha value is -0.510. The maximum atomic E-state index is 3.38. The molecule has 19 heavy (non-hydrogen) atoms. The normalized spacial score (nSPS) is 24.1. The lowest BCUT2D eigenvalue weighted by Gasteiger charge is -2.41. The fourth-order valence-corrected chi connectivity index (χ4v) is 4.01. The van der Waals surface area contributed by atoms with E-state index in [0.29, 0.717) is 6.04 Å². The first-order chi connectivity index (χ1) is 9.15. The number of hydrogen-bond acceptors (Lipinski definition) is 3. The largest absolute Gasteiger partial charge is 0.319 e. The summed E-state index contributed by atoms with van der Waals surface area (Å²) in [5.74, 6) is 2.54. The van der Waals surface area contributed by atoms with Crippen molar-refractivity contribution in [1.82, 2.24) is 10.2 Å². The third-order valence-corrected chi connectivity index (χ3v) is 5.28. The molecule has 0 amide bonds. The van der Waals surface area contributed by atoms with Crippen LogP contribution in [0.1, 0.15) is 19.4 Å². The molecular weight excluding hydrogens is 252 g/mol. The summed E-state index contributed by atoms with van der Waals surface area (Å²) in [5.41, 5.74) is 1.63. The van der Waals surface area contributed by atoms with Crippen molar-refractivity contribution < 1.29 is 0 Å². The van der Waals surface area contributed by atoms with E-state index in [1.54, 1.807) is 0 Å². The molecule has 2 rings (SSSR count). The fourth-order valence-electron chi connectivity index (χ4n) is 2.92. The van der Waals surface area contributed by atoms with Crippen molar-refractivity contribution in [2.75, 3.05) is 38.2 Å². The maximum Gasteiger partial charge on any atom is 0.0177 e. The molecule has 3 heteroatoms. The number of rotatable bonds is 5. The van der Waals surface area contributed by atoms with E-state index in [1.807, 2.05) is 0 Å². The van der Waals surface area contributed by atoms with Crippen LogP contribution in [0.3, 0.4) is 0 Å². The minimum atomic E-state index is 0.187. The second kappa shape index (κ2) is 6.78. The monoisotopic (exact) mass is 278 g/mol. The van der Waals surface area contributed by atoms with Crippen LogP contribution in [0.25, 0.3) is 0 Å². The van der Waals surface area contributed by atoms with Gasteiger partial charge in [-0.05, 0) is 19.5 Å². The van der Waals surface area contributed by atoms with Gasteiger partial charge in [-0.15, -0.1) is 0 Å². The van der Waals surface area contributed by atoms with Crippen molar-refractivity contribution in [3.8, 4) is 0 Å². The molecule has 0 saturated carbocycles. The quantitative estimate of drug-likeness (QED) is 0.891. The van der Waals surface area contributed by atoms with E-state index in [2.05, 4.69) is 73.2 Å². The molecule has 2 unspecified atom stereocenters. The highest BCUT2D eigenvalue weighted by atomic mass is 32.2. The summed E-state index contributed by atoms with van der Waals surface area (Å²) in [6, 6.07) is 11.6. The first kappa shape index (κ1) is 14.9. The lowest BCUT2D eigenvalue weighted by Crippen LogP contribution is -2.50. The highest BCUT2D eigenvalue weighted by molar-refractivity contribution is 7.99. The minimum absolute atomic E-state index is 0.187. The van der Waals surface area contributed by atoms with Gasteiger partial charge in [0.05, 0.1) is 0 Å². The Morgan fingerprint density at radius 2 is 2.11 bits per heavy atom. The first-order valence-electron chi connectivity index (χ1n) is 7.17. The standard InChI is InChI=1S/C16H26N2S/c1-14-11-19-10-9-18(14)13-16(2,12-17-3)15-7-5-4-6-8-15/h4-8,14,17H,9-13H2,1-3H3. The van der Waals surface area contributed by atoms with Crippen molar-refractivity contribution in [2.45, 2.75) is 25.3 Å². The van der Waals surface area contributed by atoms with E-state index >= 15 is 0 Å². The van der Waals surface area contributed by atoms with Gasteiger partial charge < -0.3 is 5.32 Å². The van der Waals surface area contributed by atoms with Crippen LogP contribution >= 0.6 is 11.8 Å². The van der Waals surface area contributed by atoms with Crippen LogP contribution in [0.5, 0.6) is 0 Å². The zero-order valence-electron chi connectivity index (χ0n) is 12.4. The molecule has 0 aliphatic carbocycles. The van der Waals surface area contributed by atoms with Gasteiger partial charge in [-0.3, -0.25) is 4.90 Å². The third kappa shape index (κ3) is 3.74. The molecule has 2 nitrogen and oxygen atoms in total. The van der Waals surface area contributed by atoms with Crippen LogP contribution in [0.4, 0.5) is 0 Å². The summed E-state index contributed by atoms with van der Waals surface area (Å²) >= 11 is 2.08. The molecule has 0 aromatic heterocycles. The Kier molecular flexibility index (Phi) is 5.31. The van der Waals surface area contributed by atoms with Crippen LogP contribution in [0.15, 0.2) is 30.3 Å². The molecule has 106 valence electrons. The van der Waals surface area contributed by atoms with Gasteiger partial charge in [-0.2, -0.15) is 11.8 Å². The third-order valence-electron chi connectivity index (χ3n) is 4.09. The maximum absolute atomic E-state index is 3.38. The molecule has 1 heterocycles. The van der Waals surface area contributed by atoms with E-state index in [4.69, 9.17) is 0 Å². The van der Waals surface area contributed by atoms with E-state index < -0.39 is 0 Å². The van der Waals surface area contributed by atoms with E-state index in [0.717, 1.165) is 13.1 Å². The summed E-state index contributed by atoms with van der Waals surface area (Å²) in [6.07, 6.45) is 0. The smallest absolute Gasteiger partial charge is 0.0177 e. The van der Waals surface area contributed by atoms with Crippen molar-refractivity contribution in [3.05, 3.63) is 35.9 Å². The number of likely N-dealkylation sites (N-methyl/N-ethyl adjacent to an activating group) is 1. The second-order valence-electron chi connectivity index (χ2n) is 5.85. The van der Waals surface area contributed by atoms with Gasteiger partial charge in [0, 0.05) is 42.6 Å². The van der Waals surface area contributed by atoms with Gasteiger partial charge in [-0.1, -0.05) is 37.3 Å². The van der Waals surface area contributed by atoms with Gasteiger partial charge >= 0.3 is 0 Å². The topological polar surface area (TPSA) is 15.3 Å². The van der Waals surface area contributed by atoms with Gasteiger partial charge in [-0.25, -0.2) is 0 Å². The summed E-state index contributed by atoms with van der Waals surface area (Å²) in [5, 5.41) is 3.38. The molecule has 1 fully saturated rings. The van der Waals surface area contributed by atoms with Crippen molar-refractivity contribution in [1.29, 1.82) is 0 Å². The predicted molar refractivity (Wildman–Crippen MR) is 86.1 cm³/mol. The number of hydrogen-bond donors (Lipinski definition) is 1. The minimum Gasteiger partial charge on any atom is -0.319 e. The van der Waals surface area contributed by atoms with Crippen LogP contribution in [-0.4, -0.2) is 49.1 Å². The van der Waals surface area contributed by atoms with Gasteiger partial charge in [0.25, 0.3) is 0 Å². The zero-order valence-corrected chi connectivity index (χ0v) is 13.2. The molecule has 2 atom stereocenters. The van der Waals surface area contributed by atoms with Crippen LogP contribution < -0.4 is 5.32 Å². The van der Waals surface area contributed by atoms with Gasteiger partial charge in [0.2, 0.25) is 0 Å². The summed E-state index contributed by atoms with van der Waals surface area (Å²) in [7, 11) is 2.05. The van der Waals surface area contributed by atoms with Crippen LogP contribution in [-0.2, 0) is 5.41 Å². The summed E-state index contributed by atoms with van der Waals surface area (Å²) in [6.45, 7) is 8.12. The number of nitrogens with one attached hydrogen (secondary N) is 1. The Bertz CT molecular complexity index is 382. The molecule has 0 spiro atoms. The van der Waals surface area contributed by atoms with Crippen molar-refractivity contribution in [3.63, 3.8) is 0 Å². The van der Waals surface area contributed by atoms with Crippen molar-refractivity contribution >= 4 is 11.8 Å².